The minimum absolute atomic E-state index is 0.139. The van der Waals surface area contributed by atoms with Gasteiger partial charge >= 0.3 is 0 Å². The molecule has 0 atom stereocenters. The highest BCUT2D eigenvalue weighted by molar-refractivity contribution is 5.77. The lowest BCUT2D eigenvalue weighted by Gasteiger charge is -2.09. The molecule has 1 aromatic heterocycles. The molecular formula is C17H19N5O2. The number of aromatic nitrogens is 3. The van der Waals surface area contributed by atoms with Crippen LogP contribution in [0.15, 0.2) is 24.3 Å². The molecule has 0 spiro atoms. The number of aryl methyl sites for hydroxylation is 1. The third-order valence-electron chi connectivity index (χ3n) is 4.00. The summed E-state index contributed by atoms with van der Waals surface area (Å²) in [4.78, 5) is 12.0. The molecule has 0 saturated carbocycles. The highest BCUT2D eigenvalue weighted by atomic mass is 16.5. The molecule has 1 N–H and O–H groups in total. The zero-order valence-corrected chi connectivity index (χ0v) is 13.4. The number of rotatable bonds is 5. The summed E-state index contributed by atoms with van der Waals surface area (Å²) >= 11 is 0. The summed E-state index contributed by atoms with van der Waals surface area (Å²) in [5.74, 6) is 1.92. The maximum absolute atomic E-state index is 12.0. The van der Waals surface area contributed by atoms with Crippen LogP contribution in [0.2, 0.25) is 0 Å². The van der Waals surface area contributed by atoms with Gasteiger partial charge in [0.25, 0.3) is 5.91 Å². The Morgan fingerprint density at radius 3 is 3.04 bits per heavy atom. The number of nitrogens with one attached hydrogen (secondary N) is 1. The Labute approximate surface area is 140 Å². The predicted molar refractivity (Wildman–Crippen MR) is 86.1 cm³/mol. The lowest BCUT2D eigenvalue weighted by atomic mass is 10.2. The van der Waals surface area contributed by atoms with Gasteiger partial charge in [-0.2, -0.15) is 5.26 Å². The van der Waals surface area contributed by atoms with Gasteiger partial charge in [-0.15, -0.1) is 10.2 Å². The SMILES string of the molecule is N#Cc1ccccc1OCC(=O)NCc1nnc2n1CCCCC2. The van der Waals surface area contributed by atoms with Crippen LogP contribution in [0.5, 0.6) is 5.75 Å². The fraction of sp³-hybridized carbons (Fsp3) is 0.412. The number of hydrogen-bond donors (Lipinski definition) is 1. The van der Waals surface area contributed by atoms with Gasteiger partial charge in [0.05, 0.1) is 12.1 Å². The summed E-state index contributed by atoms with van der Waals surface area (Å²) in [6, 6.07) is 8.87. The fourth-order valence-electron chi connectivity index (χ4n) is 2.73. The summed E-state index contributed by atoms with van der Waals surface area (Å²) < 4.78 is 7.51. The van der Waals surface area contributed by atoms with E-state index in [2.05, 4.69) is 20.1 Å². The van der Waals surface area contributed by atoms with Crippen molar-refractivity contribution in [2.75, 3.05) is 6.61 Å². The molecule has 1 amide bonds. The van der Waals surface area contributed by atoms with Gasteiger partial charge in [-0.05, 0) is 25.0 Å². The van der Waals surface area contributed by atoms with E-state index < -0.39 is 0 Å². The molecule has 0 aliphatic carbocycles. The summed E-state index contributed by atoms with van der Waals surface area (Å²) in [7, 11) is 0. The van der Waals surface area contributed by atoms with Crippen molar-refractivity contribution >= 4 is 5.91 Å². The molecule has 0 radical (unpaired) electrons. The Kier molecular flexibility index (Phi) is 5.06. The molecule has 24 heavy (non-hydrogen) atoms. The second-order valence-electron chi connectivity index (χ2n) is 5.67. The molecule has 1 aliphatic heterocycles. The van der Waals surface area contributed by atoms with E-state index in [1.54, 1.807) is 24.3 Å². The summed E-state index contributed by atoms with van der Waals surface area (Å²) in [5, 5.41) is 20.2. The molecule has 2 heterocycles. The molecule has 7 heteroatoms. The number of para-hydroxylation sites is 1. The van der Waals surface area contributed by atoms with Gasteiger partial charge in [0.1, 0.15) is 17.6 Å². The van der Waals surface area contributed by atoms with E-state index in [4.69, 9.17) is 10.00 Å². The molecular weight excluding hydrogens is 306 g/mol. The Morgan fingerprint density at radius 2 is 2.17 bits per heavy atom. The molecule has 2 aromatic rings. The Morgan fingerprint density at radius 1 is 1.29 bits per heavy atom. The summed E-state index contributed by atoms with van der Waals surface area (Å²) in [5.41, 5.74) is 0.410. The van der Waals surface area contributed by atoms with Crippen LogP contribution >= 0.6 is 0 Å². The van der Waals surface area contributed by atoms with Crippen molar-refractivity contribution in [3.63, 3.8) is 0 Å². The maximum atomic E-state index is 12.0. The largest absolute Gasteiger partial charge is 0.482 e. The average molecular weight is 325 g/mol. The first kappa shape index (κ1) is 16.0. The molecule has 0 fully saturated rings. The van der Waals surface area contributed by atoms with Crippen LogP contribution in [-0.4, -0.2) is 27.3 Å². The second-order valence-corrected chi connectivity index (χ2v) is 5.67. The number of benzene rings is 1. The first-order valence-corrected chi connectivity index (χ1v) is 8.07. The average Bonchev–Trinajstić information content (AvgIpc) is 2.84. The quantitative estimate of drug-likeness (QED) is 0.901. The topological polar surface area (TPSA) is 92.8 Å². The molecule has 0 bridgehead atoms. The standard InChI is InChI=1S/C17H19N5O2/c18-10-13-6-3-4-7-14(13)24-12-17(23)19-11-16-21-20-15-8-2-1-5-9-22(15)16/h3-4,6-7H,1-2,5,8-9,11-12H2,(H,19,23). The molecule has 0 unspecified atom stereocenters. The highest BCUT2D eigenvalue weighted by Gasteiger charge is 2.15. The van der Waals surface area contributed by atoms with Crippen LogP contribution in [-0.2, 0) is 24.3 Å². The zero-order chi connectivity index (χ0) is 16.8. The van der Waals surface area contributed by atoms with Crippen LogP contribution in [0, 0.1) is 11.3 Å². The predicted octanol–water partition coefficient (Wildman–Crippen LogP) is 1.57. The maximum Gasteiger partial charge on any atom is 0.258 e. The highest BCUT2D eigenvalue weighted by Crippen LogP contribution is 2.16. The van der Waals surface area contributed by atoms with Gasteiger partial charge in [-0.1, -0.05) is 18.6 Å². The van der Waals surface area contributed by atoms with Crippen molar-refractivity contribution in [1.29, 1.82) is 5.26 Å². The summed E-state index contributed by atoms with van der Waals surface area (Å²) in [6.07, 6.45) is 4.38. The minimum Gasteiger partial charge on any atom is -0.482 e. The van der Waals surface area contributed by atoms with Crippen molar-refractivity contribution in [3.05, 3.63) is 41.5 Å². The van der Waals surface area contributed by atoms with Crippen LogP contribution in [0.25, 0.3) is 0 Å². The van der Waals surface area contributed by atoms with Gasteiger partial charge < -0.3 is 14.6 Å². The Bertz CT molecular complexity index is 763. The van der Waals surface area contributed by atoms with Crippen molar-refractivity contribution in [2.24, 2.45) is 0 Å². The number of nitrogens with zero attached hydrogens (tertiary/aromatic N) is 4. The van der Waals surface area contributed by atoms with Crippen molar-refractivity contribution in [2.45, 2.75) is 38.8 Å². The van der Waals surface area contributed by atoms with E-state index in [1.165, 1.54) is 6.42 Å². The van der Waals surface area contributed by atoms with Gasteiger partial charge in [0, 0.05) is 13.0 Å². The third kappa shape index (κ3) is 3.71. The lowest BCUT2D eigenvalue weighted by Crippen LogP contribution is -2.29. The molecule has 3 rings (SSSR count). The fourth-order valence-corrected chi connectivity index (χ4v) is 2.73. The van der Waals surface area contributed by atoms with Gasteiger partial charge in [-0.3, -0.25) is 4.79 Å². The monoisotopic (exact) mass is 325 g/mol. The van der Waals surface area contributed by atoms with Crippen LogP contribution in [0.3, 0.4) is 0 Å². The van der Waals surface area contributed by atoms with E-state index in [-0.39, 0.29) is 12.5 Å². The van der Waals surface area contributed by atoms with E-state index >= 15 is 0 Å². The van der Waals surface area contributed by atoms with Gasteiger partial charge in [-0.25, -0.2) is 0 Å². The summed E-state index contributed by atoms with van der Waals surface area (Å²) in [6.45, 7) is 1.09. The smallest absolute Gasteiger partial charge is 0.258 e. The second kappa shape index (κ2) is 7.59. The van der Waals surface area contributed by atoms with Gasteiger partial charge in [0.15, 0.2) is 12.4 Å². The van der Waals surface area contributed by atoms with E-state index in [0.29, 0.717) is 17.9 Å². The number of carbonyl (C=O) groups excluding carboxylic acids is 1. The first-order valence-electron chi connectivity index (χ1n) is 8.07. The number of amides is 1. The molecule has 1 aliphatic rings. The van der Waals surface area contributed by atoms with Gasteiger partial charge in [0.2, 0.25) is 0 Å². The van der Waals surface area contributed by atoms with Crippen molar-refractivity contribution in [3.8, 4) is 11.8 Å². The first-order chi connectivity index (χ1) is 11.8. The normalized spacial score (nSPS) is 13.5. The lowest BCUT2D eigenvalue weighted by molar-refractivity contribution is -0.123. The number of fused-ring (bicyclic) bond motifs is 1. The van der Waals surface area contributed by atoms with E-state index in [9.17, 15) is 4.79 Å². The number of carbonyl (C=O) groups is 1. The van der Waals surface area contributed by atoms with Crippen LogP contribution in [0.1, 0.15) is 36.5 Å². The van der Waals surface area contributed by atoms with E-state index in [0.717, 1.165) is 37.5 Å². The van der Waals surface area contributed by atoms with Crippen LogP contribution in [0.4, 0.5) is 0 Å². The molecule has 7 nitrogen and oxygen atoms in total. The van der Waals surface area contributed by atoms with Crippen molar-refractivity contribution in [1.82, 2.24) is 20.1 Å². The zero-order valence-electron chi connectivity index (χ0n) is 13.4. The molecule has 0 saturated heterocycles. The third-order valence-corrected chi connectivity index (χ3v) is 4.00. The van der Waals surface area contributed by atoms with Crippen molar-refractivity contribution < 1.29 is 9.53 Å². The number of nitriles is 1. The molecule has 124 valence electrons. The Balaban J connectivity index is 1.53. The number of hydrogen-bond acceptors (Lipinski definition) is 5. The minimum atomic E-state index is -0.256. The van der Waals surface area contributed by atoms with Crippen LogP contribution < -0.4 is 10.1 Å². The van der Waals surface area contributed by atoms with E-state index in [1.807, 2.05) is 6.07 Å². The Hall–Kier alpha value is -2.88. The number of ether oxygens (including phenoxy) is 1. The molecule has 1 aromatic carbocycles.